The number of rotatable bonds is 4. The van der Waals surface area contributed by atoms with E-state index in [-0.39, 0.29) is 19.3 Å². The predicted octanol–water partition coefficient (Wildman–Crippen LogP) is 1.76. The Labute approximate surface area is 142 Å². The first-order valence-electron chi connectivity index (χ1n) is 7.80. The SMILES string of the molecule is CN=C(NCC(=O)OC(C)(C)C)N(C)Cc1ccc2c(c1)OCO2. The van der Waals surface area contributed by atoms with Crippen LogP contribution in [0.25, 0.3) is 0 Å². The topological polar surface area (TPSA) is 72.4 Å². The third kappa shape index (κ3) is 5.04. The third-order valence-corrected chi connectivity index (χ3v) is 3.24. The average Bonchev–Trinajstić information content (AvgIpc) is 2.93. The minimum atomic E-state index is -0.499. The fourth-order valence-corrected chi connectivity index (χ4v) is 2.30. The number of guanidine groups is 1. The molecular weight excluding hydrogens is 310 g/mol. The van der Waals surface area contributed by atoms with Gasteiger partial charge in [0.1, 0.15) is 12.1 Å². The lowest BCUT2D eigenvalue weighted by Crippen LogP contribution is -2.42. The highest BCUT2D eigenvalue weighted by Crippen LogP contribution is 2.32. The van der Waals surface area contributed by atoms with E-state index >= 15 is 0 Å². The third-order valence-electron chi connectivity index (χ3n) is 3.24. The van der Waals surface area contributed by atoms with Crippen molar-refractivity contribution in [3.63, 3.8) is 0 Å². The van der Waals surface area contributed by atoms with Gasteiger partial charge in [-0.25, -0.2) is 0 Å². The van der Waals surface area contributed by atoms with Crippen LogP contribution in [0.2, 0.25) is 0 Å². The van der Waals surface area contributed by atoms with Crippen LogP contribution >= 0.6 is 0 Å². The molecule has 24 heavy (non-hydrogen) atoms. The van der Waals surface area contributed by atoms with E-state index in [4.69, 9.17) is 14.2 Å². The highest BCUT2D eigenvalue weighted by molar-refractivity contribution is 5.84. The number of esters is 1. The Balaban J connectivity index is 1.90. The first-order valence-corrected chi connectivity index (χ1v) is 7.80. The highest BCUT2D eigenvalue weighted by Gasteiger charge is 2.18. The number of nitrogens with one attached hydrogen (secondary N) is 1. The van der Waals surface area contributed by atoms with Crippen LogP contribution in [-0.2, 0) is 16.1 Å². The van der Waals surface area contributed by atoms with Crippen LogP contribution in [0.4, 0.5) is 0 Å². The van der Waals surface area contributed by atoms with Crippen molar-refractivity contribution in [3.8, 4) is 11.5 Å². The van der Waals surface area contributed by atoms with Gasteiger partial charge in [-0.1, -0.05) is 6.07 Å². The van der Waals surface area contributed by atoms with Gasteiger partial charge in [0.25, 0.3) is 0 Å². The number of hydrogen-bond donors (Lipinski definition) is 1. The van der Waals surface area contributed by atoms with Gasteiger partial charge in [-0.15, -0.1) is 0 Å². The van der Waals surface area contributed by atoms with Crippen molar-refractivity contribution in [2.75, 3.05) is 27.4 Å². The predicted molar refractivity (Wildman–Crippen MR) is 91.2 cm³/mol. The number of fused-ring (bicyclic) bond motifs is 1. The molecule has 0 atom stereocenters. The highest BCUT2D eigenvalue weighted by atomic mass is 16.7. The molecule has 0 bridgehead atoms. The molecule has 2 rings (SSSR count). The molecule has 0 saturated heterocycles. The van der Waals surface area contributed by atoms with E-state index < -0.39 is 5.60 Å². The molecule has 1 aliphatic rings. The molecule has 0 spiro atoms. The molecule has 1 N–H and O–H groups in total. The van der Waals surface area contributed by atoms with Crippen LogP contribution in [0.15, 0.2) is 23.2 Å². The van der Waals surface area contributed by atoms with E-state index in [9.17, 15) is 4.79 Å². The number of ether oxygens (including phenoxy) is 3. The van der Waals surface area contributed by atoms with Crippen LogP contribution in [0.5, 0.6) is 11.5 Å². The zero-order valence-corrected chi connectivity index (χ0v) is 14.9. The number of carbonyl (C=O) groups excluding carboxylic acids is 1. The van der Waals surface area contributed by atoms with Gasteiger partial charge in [-0.3, -0.25) is 9.79 Å². The second-order valence-electron chi connectivity index (χ2n) is 6.53. The van der Waals surface area contributed by atoms with Crippen molar-refractivity contribution < 1.29 is 19.0 Å². The first kappa shape index (κ1) is 17.9. The van der Waals surface area contributed by atoms with E-state index in [0.717, 1.165) is 17.1 Å². The van der Waals surface area contributed by atoms with Gasteiger partial charge in [0.15, 0.2) is 17.5 Å². The van der Waals surface area contributed by atoms with E-state index in [2.05, 4.69) is 10.3 Å². The first-order chi connectivity index (χ1) is 11.3. The van der Waals surface area contributed by atoms with Gasteiger partial charge in [0.2, 0.25) is 6.79 Å². The van der Waals surface area contributed by atoms with Gasteiger partial charge in [-0.2, -0.15) is 0 Å². The molecule has 1 aliphatic heterocycles. The minimum Gasteiger partial charge on any atom is -0.459 e. The van der Waals surface area contributed by atoms with Gasteiger partial charge in [0.05, 0.1) is 0 Å². The molecule has 7 nitrogen and oxygen atoms in total. The summed E-state index contributed by atoms with van der Waals surface area (Å²) in [4.78, 5) is 17.9. The standard InChI is InChI=1S/C17H25N3O4/c1-17(2,3)24-15(21)9-19-16(18-4)20(5)10-12-6-7-13-14(8-12)23-11-22-13/h6-8H,9-11H2,1-5H3,(H,18,19). The Morgan fingerprint density at radius 2 is 2.04 bits per heavy atom. The van der Waals surface area contributed by atoms with Crippen molar-refractivity contribution in [1.82, 2.24) is 10.2 Å². The summed E-state index contributed by atoms with van der Waals surface area (Å²) in [5.74, 6) is 1.80. The summed E-state index contributed by atoms with van der Waals surface area (Å²) < 4.78 is 16.0. The van der Waals surface area contributed by atoms with E-state index in [1.807, 2.05) is 50.9 Å². The zero-order chi connectivity index (χ0) is 17.7. The van der Waals surface area contributed by atoms with E-state index in [1.54, 1.807) is 7.05 Å². The summed E-state index contributed by atoms with van der Waals surface area (Å²) in [6.07, 6.45) is 0. The quantitative estimate of drug-likeness (QED) is 0.514. The Kier molecular flexibility index (Phi) is 5.54. The largest absolute Gasteiger partial charge is 0.459 e. The summed E-state index contributed by atoms with van der Waals surface area (Å²) in [5.41, 5.74) is 0.558. The van der Waals surface area contributed by atoms with Crippen molar-refractivity contribution in [1.29, 1.82) is 0 Å². The fraction of sp³-hybridized carbons (Fsp3) is 0.529. The molecule has 0 saturated carbocycles. The summed E-state index contributed by atoms with van der Waals surface area (Å²) >= 11 is 0. The molecular formula is C17H25N3O4. The van der Waals surface area contributed by atoms with Crippen LogP contribution in [-0.4, -0.2) is 49.9 Å². The number of aliphatic imine (C=N–C) groups is 1. The van der Waals surface area contributed by atoms with Crippen molar-refractivity contribution in [2.24, 2.45) is 4.99 Å². The second kappa shape index (κ2) is 7.42. The van der Waals surface area contributed by atoms with Crippen LogP contribution in [0, 0.1) is 0 Å². The summed E-state index contributed by atoms with van der Waals surface area (Å²) in [6.45, 7) is 6.45. The summed E-state index contributed by atoms with van der Waals surface area (Å²) in [6, 6.07) is 5.81. The van der Waals surface area contributed by atoms with Crippen molar-refractivity contribution >= 4 is 11.9 Å². The Morgan fingerprint density at radius 1 is 1.33 bits per heavy atom. The molecule has 0 fully saturated rings. The molecule has 0 unspecified atom stereocenters. The van der Waals surface area contributed by atoms with Crippen LogP contribution in [0.3, 0.4) is 0 Å². The average molecular weight is 335 g/mol. The number of benzene rings is 1. The lowest BCUT2D eigenvalue weighted by atomic mass is 10.2. The van der Waals surface area contributed by atoms with Gasteiger partial charge >= 0.3 is 5.97 Å². The smallest absolute Gasteiger partial charge is 0.325 e. The normalized spacial score (nSPS) is 13.6. The Hall–Kier alpha value is -2.44. The molecule has 0 aliphatic carbocycles. The van der Waals surface area contributed by atoms with Gasteiger partial charge in [-0.05, 0) is 38.5 Å². The number of nitrogens with zero attached hydrogens (tertiary/aromatic N) is 2. The fourth-order valence-electron chi connectivity index (χ4n) is 2.30. The Bertz CT molecular complexity index is 623. The van der Waals surface area contributed by atoms with Gasteiger partial charge < -0.3 is 24.4 Å². The summed E-state index contributed by atoms with van der Waals surface area (Å²) in [5, 5.41) is 3.01. The monoisotopic (exact) mass is 335 g/mol. The molecule has 0 radical (unpaired) electrons. The second-order valence-corrected chi connectivity index (χ2v) is 6.53. The maximum Gasteiger partial charge on any atom is 0.325 e. The zero-order valence-electron chi connectivity index (χ0n) is 14.9. The molecule has 0 amide bonds. The van der Waals surface area contributed by atoms with Crippen LogP contribution in [0.1, 0.15) is 26.3 Å². The molecule has 1 heterocycles. The minimum absolute atomic E-state index is 0.0649. The number of carbonyl (C=O) groups is 1. The molecule has 1 aromatic rings. The van der Waals surface area contributed by atoms with Gasteiger partial charge in [0, 0.05) is 20.6 Å². The lowest BCUT2D eigenvalue weighted by molar-refractivity contribution is -0.153. The number of hydrogen-bond acceptors (Lipinski definition) is 5. The Morgan fingerprint density at radius 3 is 2.71 bits per heavy atom. The maximum absolute atomic E-state index is 11.8. The molecule has 1 aromatic carbocycles. The maximum atomic E-state index is 11.8. The molecule has 7 heteroatoms. The van der Waals surface area contributed by atoms with E-state index in [1.165, 1.54) is 0 Å². The molecule has 0 aromatic heterocycles. The van der Waals surface area contributed by atoms with E-state index in [0.29, 0.717) is 12.5 Å². The van der Waals surface area contributed by atoms with Crippen molar-refractivity contribution in [2.45, 2.75) is 32.9 Å². The summed E-state index contributed by atoms with van der Waals surface area (Å²) in [7, 11) is 3.57. The lowest BCUT2D eigenvalue weighted by Gasteiger charge is -2.23. The van der Waals surface area contributed by atoms with Crippen LogP contribution < -0.4 is 14.8 Å². The molecule has 132 valence electrons. The van der Waals surface area contributed by atoms with Crippen molar-refractivity contribution in [3.05, 3.63) is 23.8 Å².